The van der Waals surface area contributed by atoms with E-state index in [2.05, 4.69) is 41.0 Å². The van der Waals surface area contributed by atoms with E-state index in [1.807, 2.05) is 11.0 Å². The Morgan fingerprint density at radius 3 is 2.50 bits per heavy atom. The molecule has 2 heterocycles. The van der Waals surface area contributed by atoms with Crippen molar-refractivity contribution in [3.05, 3.63) is 30.3 Å². The first-order valence-electron chi connectivity index (χ1n) is 8.52. The minimum absolute atomic E-state index is 0.307. The van der Waals surface area contributed by atoms with Crippen LogP contribution in [0.4, 0.5) is 5.69 Å². The van der Waals surface area contributed by atoms with Crippen molar-refractivity contribution in [1.82, 2.24) is 9.80 Å². The molecule has 0 N–H and O–H groups in total. The van der Waals surface area contributed by atoms with Gasteiger partial charge in [-0.15, -0.1) is 0 Å². The maximum atomic E-state index is 12.5. The Kier molecular flexibility index (Phi) is 4.98. The molecule has 0 aromatic heterocycles. The van der Waals surface area contributed by atoms with Gasteiger partial charge < -0.3 is 9.80 Å². The molecule has 4 heteroatoms. The maximum absolute atomic E-state index is 12.5. The molecule has 1 atom stereocenters. The van der Waals surface area contributed by atoms with Gasteiger partial charge >= 0.3 is 0 Å². The smallest absolute Gasteiger partial charge is 0.236 e. The second-order valence-electron chi connectivity index (χ2n) is 6.69. The number of rotatable bonds is 3. The minimum atomic E-state index is 0.307. The highest BCUT2D eigenvalue weighted by molar-refractivity contribution is 5.78. The number of anilines is 1. The van der Waals surface area contributed by atoms with Gasteiger partial charge in [0.1, 0.15) is 0 Å². The van der Waals surface area contributed by atoms with Crippen LogP contribution < -0.4 is 4.90 Å². The lowest BCUT2D eigenvalue weighted by atomic mass is 10.0. The molecule has 2 fully saturated rings. The van der Waals surface area contributed by atoms with Crippen LogP contribution in [0, 0.1) is 5.92 Å². The number of nitrogens with zero attached hydrogens (tertiary/aromatic N) is 3. The Hall–Kier alpha value is -1.55. The van der Waals surface area contributed by atoms with Gasteiger partial charge in [0.25, 0.3) is 0 Å². The average molecular weight is 301 g/mol. The Balaban J connectivity index is 1.47. The van der Waals surface area contributed by atoms with Crippen LogP contribution in [-0.2, 0) is 4.79 Å². The number of carbonyl (C=O) groups is 1. The number of piperazine rings is 1. The van der Waals surface area contributed by atoms with Gasteiger partial charge in [-0.05, 0) is 37.4 Å². The van der Waals surface area contributed by atoms with Crippen LogP contribution in [0.25, 0.3) is 0 Å². The van der Waals surface area contributed by atoms with Crippen LogP contribution in [-0.4, -0.2) is 61.5 Å². The molecule has 2 aliphatic heterocycles. The van der Waals surface area contributed by atoms with Gasteiger partial charge in [0.15, 0.2) is 0 Å². The fraction of sp³-hybridized carbons (Fsp3) is 0.611. The van der Waals surface area contributed by atoms with Crippen LogP contribution in [0.5, 0.6) is 0 Å². The topological polar surface area (TPSA) is 26.8 Å². The molecule has 0 bridgehead atoms. The molecule has 2 saturated heterocycles. The van der Waals surface area contributed by atoms with E-state index in [0.717, 1.165) is 45.2 Å². The zero-order chi connectivity index (χ0) is 15.4. The highest BCUT2D eigenvalue weighted by atomic mass is 16.2. The second-order valence-corrected chi connectivity index (χ2v) is 6.69. The fourth-order valence-electron chi connectivity index (χ4n) is 3.57. The van der Waals surface area contributed by atoms with Crippen molar-refractivity contribution >= 4 is 11.6 Å². The number of likely N-dealkylation sites (tertiary alicyclic amines) is 1. The molecule has 1 aromatic carbocycles. The van der Waals surface area contributed by atoms with Gasteiger partial charge in [-0.3, -0.25) is 9.69 Å². The highest BCUT2D eigenvalue weighted by Crippen LogP contribution is 2.17. The normalized spacial score (nSPS) is 23.6. The number of benzene rings is 1. The standard InChI is InChI=1S/C18H27N3O/c1-16-6-5-9-19(14-16)15-18(22)21-12-10-20(11-13-21)17-7-3-2-4-8-17/h2-4,7-8,16H,5-6,9-15H2,1H3. The molecule has 1 aromatic rings. The van der Waals surface area contributed by atoms with Crippen LogP contribution in [0.2, 0.25) is 0 Å². The van der Waals surface area contributed by atoms with Gasteiger partial charge in [0, 0.05) is 38.4 Å². The SMILES string of the molecule is CC1CCCN(CC(=O)N2CCN(c3ccccc3)CC2)C1. The van der Waals surface area contributed by atoms with Crippen molar-refractivity contribution in [3.8, 4) is 0 Å². The number of para-hydroxylation sites is 1. The van der Waals surface area contributed by atoms with Crippen molar-refractivity contribution in [2.75, 3.05) is 50.7 Å². The maximum Gasteiger partial charge on any atom is 0.236 e. The third kappa shape index (κ3) is 3.80. The van der Waals surface area contributed by atoms with Crippen molar-refractivity contribution in [3.63, 3.8) is 0 Å². The van der Waals surface area contributed by atoms with Crippen LogP contribution in [0.3, 0.4) is 0 Å². The quantitative estimate of drug-likeness (QED) is 0.855. The lowest BCUT2D eigenvalue weighted by molar-refractivity contribution is -0.133. The molecule has 22 heavy (non-hydrogen) atoms. The van der Waals surface area contributed by atoms with Crippen LogP contribution >= 0.6 is 0 Å². The molecular formula is C18H27N3O. The first-order valence-corrected chi connectivity index (χ1v) is 8.52. The molecule has 1 amide bonds. The van der Waals surface area contributed by atoms with Crippen molar-refractivity contribution in [2.45, 2.75) is 19.8 Å². The molecule has 0 radical (unpaired) electrons. The van der Waals surface area contributed by atoms with Crippen molar-refractivity contribution < 1.29 is 4.79 Å². The summed E-state index contributed by atoms with van der Waals surface area (Å²) >= 11 is 0. The monoisotopic (exact) mass is 301 g/mol. The van der Waals surface area contributed by atoms with Gasteiger partial charge in [0.2, 0.25) is 5.91 Å². The zero-order valence-corrected chi connectivity index (χ0v) is 13.6. The highest BCUT2D eigenvalue weighted by Gasteiger charge is 2.24. The molecule has 2 aliphatic rings. The van der Waals surface area contributed by atoms with Gasteiger partial charge in [0.05, 0.1) is 6.54 Å². The summed E-state index contributed by atoms with van der Waals surface area (Å²) in [7, 11) is 0. The second kappa shape index (κ2) is 7.14. The van der Waals surface area contributed by atoms with Crippen LogP contribution in [0.15, 0.2) is 30.3 Å². The molecule has 4 nitrogen and oxygen atoms in total. The summed E-state index contributed by atoms with van der Waals surface area (Å²) in [5.74, 6) is 1.04. The number of carbonyl (C=O) groups excluding carboxylic acids is 1. The van der Waals surface area contributed by atoms with E-state index < -0.39 is 0 Å². The Morgan fingerprint density at radius 2 is 1.82 bits per heavy atom. The first kappa shape index (κ1) is 15.3. The van der Waals surface area contributed by atoms with E-state index in [1.54, 1.807) is 0 Å². The van der Waals surface area contributed by atoms with Crippen molar-refractivity contribution in [2.24, 2.45) is 5.92 Å². The lowest BCUT2D eigenvalue weighted by Gasteiger charge is -2.38. The Labute approximate surface area is 133 Å². The molecule has 0 saturated carbocycles. The molecular weight excluding hydrogens is 274 g/mol. The predicted molar refractivity (Wildman–Crippen MR) is 90.1 cm³/mol. The van der Waals surface area contributed by atoms with Gasteiger partial charge in [-0.1, -0.05) is 25.1 Å². The third-order valence-corrected chi connectivity index (χ3v) is 4.85. The number of piperidine rings is 1. The first-order chi connectivity index (χ1) is 10.7. The Bertz CT molecular complexity index is 482. The third-order valence-electron chi connectivity index (χ3n) is 4.85. The predicted octanol–water partition coefficient (Wildman–Crippen LogP) is 2.07. The number of amides is 1. The Morgan fingerprint density at radius 1 is 1.09 bits per heavy atom. The minimum Gasteiger partial charge on any atom is -0.368 e. The van der Waals surface area contributed by atoms with E-state index in [-0.39, 0.29) is 0 Å². The summed E-state index contributed by atoms with van der Waals surface area (Å²) in [6.07, 6.45) is 2.54. The largest absolute Gasteiger partial charge is 0.368 e. The summed E-state index contributed by atoms with van der Waals surface area (Å²) in [6, 6.07) is 10.5. The summed E-state index contributed by atoms with van der Waals surface area (Å²) in [5.41, 5.74) is 1.26. The summed E-state index contributed by atoms with van der Waals surface area (Å²) in [4.78, 5) is 19.2. The average Bonchev–Trinajstić information content (AvgIpc) is 2.56. The van der Waals surface area contributed by atoms with E-state index in [9.17, 15) is 4.79 Å². The number of hydrogen-bond acceptors (Lipinski definition) is 3. The fourth-order valence-corrected chi connectivity index (χ4v) is 3.57. The van der Waals surface area contributed by atoms with Gasteiger partial charge in [-0.25, -0.2) is 0 Å². The summed E-state index contributed by atoms with van der Waals surface area (Å²) in [6.45, 7) is 8.62. The molecule has 120 valence electrons. The van der Waals surface area contributed by atoms with Crippen LogP contribution in [0.1, 0.15) is 19.8 Å². The van der Waals surface area contributed by atoms with E-state index in [1.165, 1.54) is 18.5 Å². The van der Waals surface area contributed by atoms with E-state index >= 15 is 0 Å². The summed E-state index contributed by atoms with van der Waals surface area (Å²) in [5, 5.41) is 0. The molecule has 0 aliphatic carbocycles. The van der Waals surface area contributed by atoms with E-state index in [0.29, 0.717) is 12.5 Å². The van der Waals surface area contributed by atoms with Gasteiger partial charge in [-0.2, -0.15) is 0 Å². The zero-order valence-electron chi connectivity index (χ0n) is 13.6. The molecule has 1 unspecified atom stereocenters. The lowest BCUT2D eigenvalue weighted by Crippen LogP contribution is -2.52. The number of hydrogen-bond donors (Lipinski definition) is 0. The van der Waals surface area contributed by atoms with Crippen molar-refractivity contribution in [1.29, 1.82) is 0 Å². The summed E-state index contributed by atoms with van der Waals surface area (Å²) < 4.78 is 0. The molecule has 0 spiro atoms. The molecule has 3 rings (SSSR count). The van der Waals surface area contributed by atoms with E-state index in [4.69, 9.17) is 0 Å².